The van der Waals surface area contributed by atoms with E-state index in [-0.39, 0.29) is 12.2 Å². The first kappa shape index (κ1) is 24.2. The van der Waals surface area contributed by atoms with Crippen molar-refractivity contribution in [2.24, 2.45) is 4.99 Å². The fourth-order valence-electron chi connectivity index (χ4n) is 3.84. The zero-order valence-corrected chi connectivity index (χ0v) is 22.1. The molecule has 34 heavy (non-hydrogen) atoms. The molecule has 0 aliphatic carbocycles. The van der Waals surface area contributed by atoms with Crippen LogP contribution in [0, 0.1) is 3.57 Å². The van der Waals surface area contributed by atoms with E-state index in [1.807, 2.05) is 30.3 Å². The van der Waals surface area contributed by atoms with E-state index in [2.05, 4.69) is 27.6 Å². The van der Waals surface area contributed by atoms with Crippen LogP contribution >= 0.6 is 33.9 Å². The predicted molar refractivity (Wildman–Crippen MR) is 139 cm³/mol. The van der Waals surface area contributed by atoms with E-state index in [4.69, 9.17) is 14.2 Å². The minimum absolute atomic E-state index is 0.208. The van der Waals surface area contributed by atoms with Gasteiger partial charge in [-0.2, -0.15) is 0 Å². The lowest BCUT2D eigenvalue weighted by molar-refractivity contribution is -0.139. The molecule has 0 saturated carbocycles. The van der Waals surface area contributed by atoms with Gasteiger partial charge >= 0.3 is 5.97 Å². The Morgan fingerprint density at radius 1 is 1.18 bits per heavy atom. The Morgan fingerprint density at radius 3 is 2.56 bits per heavy atom. The summed E-state index contributed by atoms with van der Waals surface area (Å²) in [7, 11) is 3.11. The van der Waals surface area contributed by atoms with Crippen molar-refractivity contribution in [1.82, 2.24) is 4.57 Å². The van der Waals surface area contributed by atoms with Gasteiger partial charge in [0.2, 0.25) is 0 Å². The number of carbonyl (C=O) groups is 1. The Kier molecular flexibility index (Phi) is 7.22. The van der Waals surface area contributed by atoms with Gasteiger partial charge in [-0.3, -0.25) is 9.36 Å². The highest BCUT2D eigenvalue weighted by Crippen LogP contribution is 2.37. The Hall–Kier alpha value is -2.92. The van der Waals surface area contributed by atoms with E-state index in [0.717, 1.165) is 9.13 Å². The summed E-state index contributed by atoms with van der Waals surface area (Å²) >= 11 is 3.53. The summed E-state index contributed by atoms with van der Waals surface area (Å²) in [5.74, 6) is 0.580. The maximum absolute atomic E-state index is 13.7. The van der Waals surface area contributed by atoms with Gasteiger partial charge < -0.3 is 14.2 Å². The summed E-state index contributed by atoms with van der Waals surface area (Å²) in [6, 6.07) is 12.4. The molecule has 4 rings (SSSR count). The van der Waals surface area contributed by atoms with Crippen molar-refractivity contribution in [3.8, 4) is 11.5 Å². The van der Waals surface area contributed by atoms with Crippen LogP contribution in [0.4, 0.5) is 0 Å². The largest absolute Gasteiger partial charge is 0.497 e. The highest BCUT2D eigenvalue weighted by molar-refractivity contribution is 14.1. The first-order chi connectivity index (χ1) is 16.4. The zero-order chi connectivity index (χ0) is 24.4. The van der Waals surface area contributed by atoms with Crippen molar-refractivity contribution in [3.05, 3.63) is 88.1 Å². The van der Waals surface area contributed by atoms with Crippen molar-refractivity contribution in [3.63, 3.8) is 0 Å². The lowest BCUT2D eigenvalue weighted by Gasteiger charge is -2.26. The quantitative estimate of drug-likeness (QED) is 0.325. The van der Waals surface area contributed by atoms with Gasteiger partial charge in [-0.25, -0.2) is 9.79 Å². The third-order valence-corrected chi connectivity index (χ3v) is 7.12. The molecule has 1 aliphatic heterocycles. The number of nitrogens with zero attached hydrogens (tertiary/aromatic N) is 2. The van der Waals surface area contributed by atoms with Crippen molar-refractivity contribution >= 4 is 46.0 Å². The lowest BCUT2D eigenvalue weighted by Crippen LogP contribution is -2.40. The van der Waals surface area contributed by atoms with Gasteiger partial charge in [0.1, 0.15) is 17.5 Å². The number of hydrogen-bond acceptors (Lipinski definition) is 7. The van der Waals surface area contributed by atoms with Gasteiger partial charge in [0.25, 0.3) is 5.56 Å². The number of aromatic nitrogens is 1. The number of fused-ring (bicyclic) bond motifs is 1. The number of thiazole rings is 1. The molecule has 3 aromatic rings. The fourth-order valence-corrected chi connectivity index (χ4v) is 5.25. The third kappa shape index (κ3) is 4.54. The standard InChI is InChI=1S/C25H23IN2O5S/c1-5-33-24(30)21-14(2)27-25-28(22(21)18-11-10-17(31-3)13-19(18)32-4)23(29)20(34-25)12-15-6-8-16(26)9-7-15/h6-13,22H,5H2,1-4H3/t22-/m0/s1. The summed E-state index contributed by atoms with van der Waals surface area (Å²) in [5.41, 5.74) is 2.12. The number of allylic oxidation sites excluding steroid dienone is 1. The van der Waals surface area contributed by atoms with Crippen LogP contribution in [0.2, 0.25) is 0 Å². The monoisotopic (exact) mass is 590 g/mol. The van der Waals surface area contributed by atoms with Crippen LogP contribution in [0.5, 0.6) is 11.5 Å². The van der Waals surface area contributed by atoms with Crippen LogP contribution in [0.15, 0.2) is 63.5 Å². The minimum atomic E-state index is -0.755. The number of benzene rings is 2. The number of esters is 1. The molecule has 2 aromatic carbocycles. The average Bonchev–Trinajstić information content (AvgIpc) is 3.13. The molecule has 0 bridgehead atoms. The molecule has 7 nitrogen and oxygen atoms in total. The molecule has 0 spiro atoms. The van der Waals surface area contributed by atoms with E-state index < -0.39 is 12.0 Å². The van der Waals surface area contributed by atoms with E-state index >= 15 is 0 Å². The second-order valence-corrected chi connectivity index (χ2v) is 9.72. The first-order valence-corrected chi connectivity index (χ1v) is 12.4. The topological polar surface area (TPSA) is 79.1 Å². The molecule has 0 radical (unpaired) electrons. The van der Waals surface area contributed by atoms with E-state index in [9.17, 15) is 9.59 Å². The van der Waals surface area contributed by atoms with Crippen LogP contribution in [0.3, 0.4) is 0 Å². The number of methoxy groups -OCH3 is 2. The zero-order valence-electron chi connectivity index (χ0n) is 19.1. The van der Waals surface area contributed by atoms with Gasteiger partial charge in [0, 0.05) is 15.2 Å². The van der Waals surface area contributed by atoms with E-state index in [1.54, 1.807) is 50.8 Å². The summed E-state index contributed by atoms with van der Waals surface area (Å²) in [5, 5.41) is 0. The van der Waals surface area contributed by atoms with Gasteiger partial charge in [0.15, 0.2) is 4.80 Å². The number of rotatable bonds is 6. The lowest BCUT2D eigenvalue weighted by atomic mass is 9.95. The van der Waals surface area contributed by atoms with Gasteiger partial charge in [-0.15, -0.1) is 0 Å². The second kappa shape index (κ2) is 10.1. The first-order valence-electron chi connectivity index (χ1n) is 10.5. The van der Waals surface area contributed by atoms with Gasteiger partial charge in [-0.05, 0) is 72.3 Å². The van der Waals surface area contributed by atoms with Crippen LogP contribution < -0.4 is 24.4 Å². The number of carbonyl (C=O) groups excluding carboxylic acids is 1. The molecule has 0 unspecified atom stereocenters. The Labute approximate surface area is 214 Å². The molecule has 0 fully saturated rings. The normalized spacial score (nSPS) is 15.6. The molecule has 9 heteroatoms. The van der Waals surface area contributed by atoms with Gasteiger partial charge in [-0.1, -0.05) is 23.5 Å². The smallest absolute Gasteiger partial charge is 0.338 e. The molecule has 1 atom stereocenters. The van der Waals surface area contributed by atoms with Crippen molar-refractivity contribution in [2.75, 3.05) is 20.8 Å². The minimum Gasteiger partial charge on any atom is -0.497 e. The van der Waals surface area contributed by atoms with Gasteiger partial charge in [0.05, 0.1) is 36.6 Å². The van der Waals surface area contributed by atoms with Crippen LogP contribution in [-0.2, 0) is 9.53 Å². The van der Waals surface area contributed by atoms with Crippen molar-refractivity contribution < 1.29 is 19.0 Å². The van der Waals surface area contributed by atoms with Crippen LogP contribution in [0.25, 0.3) is 6.08 Å². The molecule has 0 amide bonds. The Bertz CT molecular complexity index is 1450. The molecule has 0 saturated heterocycles. The van der Waals surface area contributed by atoms with Crippen molar-refractivity contribution in [2.45, 2.75) is 19.9 Å². The molecule has 0 N–H and O–H groups in total. The predicted octanol–water partition coefficient (Wildman–Crippen LogP) is 3.42. The van der Waals surface area contributed by atoms with Crippen LogP contribution in [0.1, 0.15) is 31.0 Å². The Morgan fingerprint density at radius 2 is 1.91 bits per heavy atom. The highest BCUT2D eigenvalue weighted by Gasteiger charge is 2.35. The molecule has 1 aromatic heterocycles. The third-order valence-electron chi connectivity index (χ3n) is 5.42. The fraction of sp³-hybridized carbons (Fsp3) is 0.240. The molecule has 176 valence electrons. The summed E-state index contributed by atoms with van der Waals surface area (Å²) < 4.78 is 19.5. The maximum atomic E-state index is 13.7. The number of ether oxygens (including phenoxy) is 3. The average molecular weight is 590 g/mol. The number of hydrogen-bond donors (Lipinski definition) is 0. The second-order valence-electron chi connectivity index (χ2n) is 7.46. The van der Waals surface area contributed by atoms with Crippen LogP contribution in [-0.4, -0.2) is 31.4 Å². The van der Waals surface area contributed by atoms with E-state index in [1.165, 1.54) is 11.3 Å². The summed E-state index contributed by atoms with van der Waals surface area (Å²) in [4.78, 5) is 31.8. The molecular weight excluding hydrogens is 567 g/mol. The summed E-state index contributed by atoms with van der Waals surface area (Å²) in [6.45, 7) is 3.71. The molecule has 1 aliphatic rings. The summed E-state index contributed by atoms with van der Waals surface area (Å²) in [6.07, 6.45) is 1.84. The number of halogens is 1. The van der Waals surface area contributed by atoms with E-state index in [0.29, 0.717) is 37.7 Å². The Balaban J connectivity index is 1.99. The molecular formula is C25H23IN2O5S. The SMILES string of the molecule is CCOC(=O)C1=C(C)N=c2sc(=Cc3ccc(I)cc3)c(=O)n2[C@H]1c1ccc(OC)cc1OC. The highest BCUT2D eigenvalue weighted by atomic mass is 127. The maximum Gasteiger partial charge on any atom is 0.338 e. The molecule has 2 heterocycles. The van der Waals surface area contributed by atoms with Crippen molar-refractivity contribution in [1.29, 1.82) is 0 Å².